The molecule has 0 aromatic heterocycles. The number of methoxy groups -OCH3 is 2. The van der Waals surface area contributed by atoms with E-state index in [4.69, 9.17) is 10.00 Å². The second-order valence-electron chi connectivity index (χ2n) is 3.05. The summed E-state index contributed by atoms with van der Waals surface area (Å²) in [6, 6.07) is 3.63. The molecule has 4 nitrogen and oxygen atoms in total. The quantitative estimate of drug-likeness (QED) is 0.762. The first-order valence-corrected chi connectivity index (χ1v) is 4.53. The molecule has 0 spiro atoms. The van der Waals surface area contributed by atoms with Crippen LogP contribution in [0.15, 0.2) is 12.1 Å². The van der Waals surface area contributed by atoms with Gasteiger partial charge in [0, 0.05) is 5.56 Å². The number of esters is 1. The Kier molecular flexibility index (Phi) is 3.99. The van der Waals surface area contributed by atoms with Gasteiger partial charge >= 0.3 is 5.97 Å². The van der Waals surface area contributed by atoms with Crippen molar-refractivity contribution in [1.82, 2.24) is 0 Å². The Labute approximate surface area is 96.4 Å². The van der Waals surface area contributed by atoms with Gasteiger partial charge in [-0.3, -0.25) is 0 Å². The van der Waals surface area contributed by atoms with Crippen molar-refractivity contribution in [1.29, 1.82) is 5.26 Å². The van der Waals surface area contributed by atoms with E-state index in [1.807, 2.05) is 0 Å². The lowest BCUT2D eigenvalue weighted by Crippen LogP contribution is -2.07. The van der Waals surface area contributed by atoms with Gasteiger partial charge in [0.15, 0.2) is 5.75 Å². The van der Waals surface area contributed by atoms with Crippen molar-refractivity contribution in [3.8, 4) is 11.8 Å². The van der Waals surface area contributed by atoms with Crippen LogP contribution in [0.25, 0.3) is 0 Å². The van der Waals surface area contributed by atoms with Crippen LogP contribution in [-0.2, 0) is 4.74 Å². The van der Waals surface area contributed by atoms with Gasteiger partial charge in [0.1, 0.15) is 11.6 Å². The molecule has 17 heavy (non-hydrogen) atoms. The number of nitrogens with zero attached hydrogens (tertiary/aromatic N) is 1. The summed E-state index contributed by atoms with van der Waals surface area (Å²) in [5.74, 6) is -0.899. The summed E-state index contributed by atoms with van der Waals surface area (Å²) in [6.07, 6.45) is -2.78. The van der Waals surface area contributed by atoms with E-state index in [0.29, 0.717) is 0 Å². The van der Waals surface area contributed by atoms with Crippen molar-refractivity contribution in [2.75, 3.05) is 14.2 Å². The summed E-state index contributed by atoms with van der Waals surface area (Å²) in [4.78, 5) is 11.4. The Morgan fingerprint density at radius 2 is 2.06 bits per heavy atom. The number of carbonyl (C=O) groups is 1. The number of nitriles is 1. The van der Waals surface area contributed by atoms with Crippen molar-refractivity contribution >= 4 is 5.97 Å². The first kappa shape index (κ1) is 12.9. The van der Waals surface area contributed by atoms with Crippen molar-refractivity contribution in [3.63, 3.8) is 0 Å². The predicted molar refractivity (Wildman–Crippen MR) is 54.0 cm³/mol. The van der Waals surface area contributed by atoms with Gasteiger partial charge in [-0.05, 0) is 12.1 Å². The molecule has 1 rings (SSSR count). The van der Waals surface area contributed by atoms with Crippen LogP contribution in [0.3, 0.4) is 0 Å². The third kappa shape index (κ3) is 2.50. The van der Waals surface area contributed by atoms with Gasteiger partial charge in [0.05, 0.1) is 19.8 Å². The molecule has 0 bridgehead atoms. The van der Waals surface area contributed by atoms with E-state index in [0.717, 1.165) is 19.2 Å². The van der Waals surface area contributed by atoms with Gasteiger partial charge in [0.2, 0.25) is 0 Å². The van der Waals surface area contributed by atoms with Crippen molar-refractivity contribution in [3.05, 3.63) is 28.8 Å². The minimum atomic E-state index is -2.78. The van der Waals surface area contributed by atoms with Crippen LogP contribution >= 0.6 is 0 Å². The van der Waals surface area contributed by atoms with Gasteiger partial charge < -0.3 is 9.47 Å². The van der Waals surface area contributed by atoms with Crippen LogP contribution < -0.4 is 4.74 Å². The highest BCUT2D eigenvalue weighted by Gasteiger charge is 2.21. The maximum atomic E-state index is 12.6. The lowest BCUT2D eigenvalue weighted by Gasteiger charge is -2.10. The zero-order chi connectivity index (χ0) is 13.0. The van der Waals surface area contributed by atoms with E-state index in [9.17, 15) is 13.6 Å². The highest BCUT2D eigenvalue weighted by molar-refractivity contribution is 5.93. The average molecular weight is 241 g/mol. The summed E-state index contributed by atoms with van der Waals surface area (Å²) in [5.41, 5.74) is -0.752. The van der Waals surface area contributed by atoms with Crippen molar-refractivity contribution < 1.29 is 23.0 Å². The van der Waals surface area contributed by atoms with Gasteiger partial charge in [-0.1, -0.05) is 0 Å². The fourth-order valence-electron chi connectivity index (χ4n) is 1.34. The molecule has 0 saturated carbocycles. The highest BCUT2D eigenvalue weighted by atomic mass is 19.3. The molecule has 0 unspecified atom stereocenters. The molecule has 0 radical (unpaired) electrons. The van der Waals surface area contributed by atoms with Crippen LogP contribution in [0, 0.1) is 11.3 Å². The third-order valence-electron chi connectivity index (χ3n) is 2.09. The molecule has 1 aromatic rings. The molecule has 0 heterocycles. The second-order valence-corrected chi connectivity index (χ2v) is 3.05. The number of hydrogen-bond donors (Lipinski definition) is 0. The number of rotatable bonds is 3. The van der Waals surface area contributed by atoms with Crippen LogP contribution in [0.1, 0.15) is 27.9 Å². The van der Waals surface area contributed by atoms with E-state index in [1.54, 1.807) is 6.07 Å². The molecule has 0 aliphatic carbocycles. The van der Waals surface area contributed by atoms with Crippen LogP contribution in [0.4, 0.5) is 8.78 Å². The fourth-order valence-corrected chi connectivity index (χ4v) is 1.34. The first-order valence-electron chi connectivity index (χ1n) is 4.53. The van der Waals surface area contributed by atoms with Gasteiger partial charge in [-0.15, -0.1) is 0 Å². The average Bonchev–Trinajstić information content (AvgIpc) is 2.35. The molecule has 0 atom stereocenters. The van der Waals surface area contributed by atoms with E-state index >= 15 is 0 Å². The van der Waals surface area contributed by atoms with E-state index in [2.05, 4.69) is 4.74 Å². The van der Waals surface area contributed by atoms with Crippen molar-refractivity contribution in [2.24, 2.45) is 0 Å². The van der Waals surface area contributed by atoms with Crippen molar-refractivity contribution in [2.45, 2.75) is 6.43 Å². The molecule has 90 valence electrons. The molecule has 0 N–H and O–H groups in total. The number of ether oxygens (including phenoxy) is 2. The molecule has 0 fully saturated rings. The topological polar surface area (TPSA) is 59.3 Å². The second kappa shape index (κ2) is 5.25. The summed E-state index contributed by atoms with van der Waals surface area (Å²) in [6.45, 7) is 0. The van der Waals surface area contributed by atoms with E-state index in [1.165, 1.54) is 7.11 Å². The maximum absolute atomic E-state index is 12.6. The summed E-state index contributed by atoms with van der Waals surface area (Å²) < 4.78 is 34.4. The Balaban J connectivity index is 3.49. The zero-order valence-corrected chi connectivity index (χ0v) is 9.16. The number of carbonyl (C=O) groups excluding carboxylic acids is 1. The fraction of sp³-hybridized carbons (Fsp3) is 0.273. The number of hydrogen-bond acceptors (Lipinski definition) is 4. The molecule has 0 saturated heterocycles. The molecule has 0 aliphatic rings. The maximum Gasteiger partial charge on any atom is 0.341 e. The monoisotopic (exact) mass is 241 g/mol. The highest BCUT2D eigenvalue weighted by Crippen LogP contribution is 2.30. The Morgan fingerprint density at radius 1 is 1.41 bits per heavy atom. The first-order chi connectivity index (χ1) is 8.04. The predicted octanol–water partition coefficient (Wildman–Crippen LogP) is 2.29. The molecule has 6 heteroatoms. The molecule has 0 aliphatic heterocycles. The smallest absolute Gasteiger partial charge is 0.341 e. The minimum absolute atomic E-state index is 0.0660. The van der Waals surface area contributed by atoms with E-state index in [-0.39, 0.29) is 16.9 Å². The lowest BCUT2D eigenvalue weighted by molar-refractivity contribution is 0.0596. The van der Waals surface area contributed by atoms with Crippen LogP contribution in [0.5, 0.6) is 5.75 Å². The Morgan fingerprint density at radius 3 is 2.47 bits per heavy atom. The standard InChI is InChI=1S/C11H9F2NO3/c1-16-9-7(5-14)3-6(10(12)13)4-8(9)11(15)17-2/h3-4,10H,1-2H3. The van der Waals surface area contributed by atoms with Crippen LogP contribution in [0.2, 0.25) is 0 Å². The summed E-state index contributed by atoms with van der Waals surface area (Å²) in [5, 5.41) is 8.81. The van der Waals surface area contributed by atoms with Crippen LogP contribution in [-0.4, -0.2) is 20.2 Å². The Bertz CT molecular complexity index is 480. The summed E-state index contributed by atoms with van der Waals surface area (Å²) in [7, 11) is 2.35. The van der Waals surface area contributed by atoms with Gasteiger partial charge in [-0.2, -0.15) is 5.26 Å². The number of halogens is 2. The molecular weight excluding hydrogens is 232 g/mol. The molecule has 1 aromatic carbocycles. The third-order valence-corrected chi connectivity index (χ3v) is 2.09. The Hall–Kier alpha value is -2.16. The van der Waals surface area contributed by atoms with E-state index < -0.39 is 18.0 Å². The van der Waals surface area contributed by atoms with Gasteiger partial charge in [0.25, 0.3) is 6.43 Å². The summed E-state index contributed by atoms with van der Waals surface area (Å²) >= 11 is 0. The van der Waals surface area contributed by atoms with Gasteiger partial charge in [-0.25, -0.2) is 13.6 Å². The SMILES string of the molecule is COC(=O)c1cc(C(F)F)cc(C#N)c1OC. The zero-order valence-electron chi connectivity index (χ0n) is 9.16. The minimum Gasteiger partial charge on any atom is -0.494 e. The largest absolute Gasteiger partial charge is 0.494 e. The number of benzene rings is 1. The normalized spacial score (nSPS) is 9.88. The number of alkyl halides is 2. The molecular formula is C11H9F2NO3. The lowest BCUT2D eigenvalue weighted by atomic mass is 10.0. The molecule has 0 amide bonds.